The highest BCUT2D eigenvalue weighted by atomic mass is 32.2. The zero-order valence-corrected chi connectivity index (χ0v) is 12.8. The fourth-order valence-electron chi connectivity index (χ4n) is 1.85. The van der Waals surface area contributed by atoms with Gasteiger partial charge in [-0.25, -0.2) is 13.4 Å². The lowest BCUT2D eigenvalue weighted by molar-refractivity contribution is 0.601. The predicted octanol–water partition coefficient (Wildman–Crippen LogP) is 2.87. The maximum Gasteiger partial charge on any atom is 0.265 e. The predicted molar refractivity (Wildman–Crippen MR) is 82.4 cm³/mol. The number of anilines is 2. The van der Waals surface area contributed by atoms with Crippen molar-refractivity contribution in [3.63, 3.8) is 0 Å². The molecule has 3 N–H and O–H groups in total. The Morgan fingerprint density at radius 3 is 2.85 bits per heavy atom. The molecule has 0 atom stereocenters. The van der Waals surface area contributed by atoms with Crippen molar-refractivity contribution in [2.45, 2.75) is 31.1 Å². The second kappa shape index (κ2) is 6.23. The summed E-state index contributed by atoms with van der Waals surface area (Å²) in [5, 5.41) is 2.04. The first-order valence-corrected chi connectivity index (χ1v) is 8.70. The van der Waals surface area contributed by atoms with Gasteiger partial charge in [-0.3, -0.25) is 4.72 Å². The van der Waals surface area contributed by atoms with E-state index in [1.165, 1.54) is 17.4 Å². The first-order chi connectivity index (χ1) is 9.54. The van der Waals surface area contributed by atoms with Crippen LogP contribution < -0.4 is 10.5 Å². The van der Waals surface area contributed by atoms with Gasteiger partial charge in [0.25, 0.3) is 10.0 Å². The van der Waals surface area contributed by atoms with Gasteiger partial charge < -0.3 is 5.73 Å². The van der Waals surface area contributed by atoms with E-state index >= 15 is 0 Å². The second-order valence-corrected chi connectivity index (χ2v) is 6.92. The molecule has 0 aliphatic rings. The van der Waals surface area contributed by atoms with Gasteiger partial charge in [-0.05, 0) is 24.5 Å². The number of hydrogen-bond acceptors (Lipinski definition) is 5. The van der Waals surface area contributed by atoms with E-state index in [-0.39, 0.29) is 4.90 Å². The SMILES string of the molecule is CCCCc1cccc(S(=O)(=O)Nc2nccs2)c1N. The molecule has 1 aromatic carbocycles. The summed E-state index contributed by atoms with van der Waals surface area (Å²) in [6.07, 6.45) is 4.34. The van der Waals surface area contributed by atoms with Crippen LogP contribution in [0.25, 0.3) is 0 Å². The van der Waals surface area contributed by atoms with Crippen molar-refractivity contribution in [1.82, 2.24) is 4.98 Å². The Bertz CT molecular complexity index is 667. The number of aryl methyl sites for hydroxylation is 1. The van der Waals surface area contributed by atoms with E-state index in [1.807, 2.05) is 6.07 Å². The number of para-hydroxylation sites is 1. The van der Waals surface area contributed by atoms with Crippen LogP contribution in [0.1, 0.15) is 25.3 Å². The Morgan fingerprint density at radius 2 is 2.20 bits per heavy atom. The normalized spacial score (nSPS) is 11.4. The smallest absolute Gasteiger partial charge is 0.265 e. The molecule has 0 bridgehead atoms. The number of rotatable bonds is 6. The molecular formula is C13H17N3O2S2. The van der Waals surface area contributed by atoms with Crippen LogP contribution in [0.4, 0.5) is 10.8 Å². The quantitative estimate of drug-likeness (QED) is 0.803. The number of hydrogen-bond donors (Lipinski definition) is 2. The number of sulfonamides is 1. The fourth-order valence-corrected chi connectivity index (χ4v) is 3.82. The molecule has 0 amide bonds. The number of nitrogens with two attached hydrogens (primary N) is 1. The van der Waals surface area contributed by atoms with Crippen molar-refractivity contribution >= 4 is 32.2 Å². The summed E-state index contributed by atoms with van der Waals surface area (Å²) in [7, 11) is -3.69. The molecule has 7 heteroatoms. The second-order valence-electron chi connectivity index (χ2n) is 4.38. The minimum atomic E-state index is -3.69. The molecule has 0 saturated carbocycles. The Morgan fingerprint density at radius 1 is 1.40 bits per heavy atom. The number of nitrogen functional groups attached to an aromatic ring is 1. The fraction of sp³-hybridized carbons (Fsp3) is 0.308. The van der Waals surface area contributed by atoms with Crippen LogP contribution >= 0.6 is 11.3 Å². The number of thiazole rings is 1. The summed E-state index contributed by atoms with van der Waals surface area (Å²) < 4.78 is 27.1. The minimum absolute atomic E-state index is 0.112. The van der Waals surface area contributed by atoms with Crippen molar-refractivity contribution < 1.29 is 8.42 Å². The molecule has 0 fully saturated rings. The molecule has 0 aliphatic heterocycles. The molecule has 20 heavy (non-hydrogen) atoms. The topological polar surface area (TPSA) is 85.1 Å². The molecule has 5 nitrogen and oxygen atoms in total. The average molecular weight is 311 g/mol. The van der Waals surface area contributed by atoms with Crippen molar-refractivity contribution in [2.24, 2.45) is 0 Å². The maximum absolute atomic E-state index is 12.3. The van der Waals surface area contributed by atoms with E-state index in [0.29, 0.717) is 10.8 Å². The Hall–Kier alpha value is -1.60. The highest BCUT2D eigenvalue weighted by Crippen LogP contribution is 2.26. The molecule has 2 aromatic rings. The zero-order valence-electron chi connectivity index (χ0n) is 11.2. The molecule has 2 rings (SSSR count). The van der Waals surface area contributed by atoms with Gasteiger partial charge in [0.15, 0.2) is 5.13 Å². The van der Waals surface area contributed by atoms with Gasteiger partial charge >= 0.3 is 0 Å². The summed E-state index contributed by atoms with van der Waals surface area (Å²) in [6.45, 7) is 2.08. The third kappa shape index (κ3) is 3.29. The van der Waals surface area contributed by atoms with Gasteiger partial charge in [0.2, 0.25) is 0 Å². The van der Waals surface area contributed by atoms with Gasteiger partial charge in [-0.1, -0.05) is 25.5 Å². The molecule has 0 radical (unpaired) electrons. The Labute approximate surface area is 122 Å². The zero-order chi connectivity index (χ0) is 14.6. The Kier molecular flexibility index (Phi) is 4.61. The number of benzene rings is 1. The Balaban J connectivity index is 2.32. The monoisotopic (exact) mass is 311 g/mol. The van der Waals surface area contributed by atoms with Gasteiger partial charge in [0.1, 0.15) is 4.90 Å². The van der Waals surface area contributed by atoms with Crippen LogP contribution in [-0.2, 0) is 16.4 Å². The maximum atomic E-state index is 12.3. The van der Waals surface area contributed by atoms with Crippen molar-refractivity contribution in [1.29, 1.82) is 0 Å². The molecule has 0 unspecified atom stereocenters. The van der Waals surface area contributed by atoms with E-state index < -0.39 is 10.0 Å². The summed E-state index contributed by atoms with van der Waals surface area (Å²) >= 11 is 1.23. The van der Waals surface area contributed by atoms with Crippen molar-refractivity contribution in [2.75, 3.05) is 10.5 Å². The first-order valence-electron chi connectivity index (χ1n) is 6.34. The van der Waals surface area contributed by atoms with Gasteiger partial charge in [-0.2, -0.15) is 0 Å². The molecule has 1 aromatic heterocycles. The van der Waals surface area contributed by atoms with Crippen molar-refractivity contribution in [3.8, 4) is 0 Å². The van der Waals surface area contributed by atoms with Gasteiger partial charge in [0, 0.05) is 11.6 Å². The van der Waals surface area contributed by atoms with Gasteiger partial charge in [0.05, 0.1) is 5.69 Å². The van der Waals surface area contributed by atoms with Gasteiger partial charge in [-0.15, -0.1) is 11.3 Å². The average Bonchev–Trinajstić information content (AvgIpc) is 2.89. The summed E-state index contributed by atoms with van der Waals surface area (Å²) in [5.41, 5.74) is 7.20. The highest BCUT2D eigenvalue weighted by molar-refractivity contribution is 7.93. The minimum Gasteiger partial charge on any atom is -0.397 e. The van der Waals surface area contributed by atoms with E-state index in [9.17, 15) is 8.42 Å². The van der Waals surface area contributed by atoms with Crippen LogP contribution in [0.2, 0.25) is 0 Å². The largest absolute Gasteiger partial charge is 0.397 e. The standard InChI is InChI=1S/C13H17N3O2S2/c1-2-3-5-10-6-4-7-11(12(10)14)20(17,18)16-13-15-8-9-19-13/h4,6-9H,2-3,5,14H2,1H3,(H,15,16). The lowest BCUT2D eigenvalue weighted by Gasteiger charge is -2.11. The molecule has 1 heterocycles. The van der Waals surface area contributed by atoms with Crippen molar-refractivity contribution in [3.05, 3.63) is 35.3 Å². The molecule has 108 valence electrons. The molecule has 0 spiro atoms. The van der Waals surface area contributed by atoms with Crippen LogP contribution in [0, 0.1) is 0 Å². The van der Waals surface area contributed by atoms with Crippen LogP contribution in [0.3, 0.4) is 0 Å². The summed E-state index contributed by atoms with van der Waals surface area (Å²) in [6, 6.07) is 5.10. The van der Waals surface area contributed by atoms with E-state index in [2.05, 4.69) is 16.6 Å². The molecular weight excluding hydrogens is 294 g/mol. The first kappa shape index (κ1) is 14.8. The van der Waals surface area contributed by atoms with E-state index in [4.69, 9.17) is 5.73 Å². The summed E-state index contributed by atoms with van der Waals surface area (Å²) in [5.74, 6) is 0. The van der Waals surface area contributed by atoms with Crippen LogP contribution in [0.15, 0.2) is 34.7 Å². The highest BCUT2D eigenvalue weighted by Gasteiger charge is 2.20. The lowest BCUT2D eigenvalue weighted by atomic mass is 10.1. The van der Waals surface area contributed by atoms with Crippen LogP contribution in [0.5, 0.6) is 0 Å². The van der Waals surface area contributed by atoms with E-state index in [1.54, 1.807) is 17.6 Å². The number of unbranched alkanes of at least 4 members (excludes halogenated alkanes) is 1. The number of nitrogens with one attached hydrogen (secondary N) is 1. The third-order valence-electron chi connectivity index (χ3n) is 2.90. The molecule has 0 aliphatic carbocycles. The van der Waals surface area contributed by atoms with Crippen LogP contribution in [-0.4, -0.2) is 13.4 Å². The lowest BCUT2D eigenvalue weighted by Crippen LogP contribution is -2.15. The third-order valence-corrected chi connectivity index (χ3v) is 5.11. The van der Waals surface area contributed by atoms with E-state index in [0.717, 1.165) is 24.8 Å². The number of aromatic nitrogens is 1. The summed E-state index contributed by atoms with van der Waals surface area (Å²) in [4.78, 5) is 4.03. The molecule has 0 saturated heterocycles. The number of nitrogens with zero attached hydrogens (tertiary/aromatic N) is 1.